The van der Waals surface area contributed by atoms with Crippen LogP contribution in [0.1, 0.15) is 19.3 Å². The largest absolute Gasteiger partial charge is 0.399 e. The molecule has 0 atom stereocenters. The second-order valence-electron chi connectivity index (χ2n) is 4.87. The summed E-state index contributed by atoms with van der Waals surface area (Å²) >= 11 is 0. The zero-order valence-electron chi connectivity index (χ0n) is 10.1. The zero-order chi connectivity index (χ0) is 13.2. The Kier molecular flexibility index (Phi) is 3.61. The molecule has 1 aliphatic rings. The van der Waals surface area contributed by atoms with Crippen molar-refractivity contribution >= 4 is 15.7 Å². The fourth-order valence-corrected chi connectivity index (χ4v) is 3.15. The summed E-state index contributed by atoms with van der Waals surface area (Å²) in [5, 5.41) is 8.93. The highest BCUT2D eigenvalue weighted by Crippen LogP contribution is 2.48. The van der Waals surface area contributed by atoms with Crippen molar-refractivity contribution < 1.29 is 13.5 Å². The van der Waals surface area contributed by atoms with Crippen LogP contribution >= 0.6 is 0 Å². The Hall–Kier alpha value is -1.11. The Labute approximate surface area is 107 Å². The minimum atomic E-state index is -3.51. The fourth-order valence-electron chi connectivity index (χ4n) is 1.94. The number of rotatable bonds is 6. The van der Waals surface area contributed by atoms with Gasteiger partial charge in [-0.2, -0.15) is 0 Å². The standard InChI is InChI=1S/C12H18N2O3S/c13-10-2-1-3-11(8-10)18(16,17)14-9-12(4-5-12)6-7-15/h1-3,8,14-15H,4-7,9,13H2. The summed E-state index contributed by atoms with van der Waals surface area (Å²) in [5.74, 6) is 0. The maximum atomic E-state index is 12.0. The van der Waals surface area contributed by atoms with Crippen LogP contribution in [0.3, 0.4) is 0 Å². The minimum absolute atomic E-state index is 0.0395. The molecule has 1 aromatic rings. The molecule has 0 saturated heterocycles. The molecule has 1 aromatic carbocycles. The quantitative estimate of drug-likeness (QED) is 0.664. The number of anilines is 1. The summed E-state index contributed by atoms with van der Waals surface area (Å²) < 4.78 is 26.7. The van der Waals surface area contributed by atoms with E-state index in [2.05, 4.69) is 4.72 Å². The molecule has 1 aliphatic carbocycles. The molecule has 0 heterocycles. The highest BCUT2D eigenvalue weighted by Gasteiger charge is 2.42. The molecule has 0 spiro atoms. The van der Waals surface area contributed by atoms with Crippen molar-refractivity contribution in [2.24, 2.45) is 5.41 Å². The summed E-state index contributed by atoms with van der Waals surface area (Å²) in [7, 11) is -3.51. The molecule has 1 fully saturated rings. The van der Waals surface area contributed by atoms with Crippen LogP contribution in [0.15, 0.2) is 29.2 Å². The molecule has 4 N–H and O–H groups in total. The van der Waals surface area contributed by atoms with Gasteiger partial charge in [0, 0.05) is 18.8 Å². The Morgan fingerprint density at radius 1 is 1.39 bits per heavy atom. The topological polar surface area (TPSA) is 92.4 Å². The molecular weight excluding hydrogens is 252 g/mol. The molecule has 0 amide bonds. The molecule has 5 nitrogen and oxygen atoms in total. The van der Waals surface area contributed by atoms with Crippen molar-refractivity contribution in [1.29, 1.82) is 0 Å². The van der Waals surface area contributed by atoms with E-state index in [1.165, 1.54) is 12.1 Å². The second kappa shape index (κ2) is 4.87. The predicted molar refractivity (Wildman–Crippen MR) is 69.4 cm³/mol. The van der Waals surface area contributed by atoms with Crippen LogP contribution < -0.4 is 10.5 Å². The Morgan fingerprint density at radius 2 is 2.11 bits per heavy atom. The lowest BCUT2D eigenvalue weighted by atomic mass is 10.0. The third-order valence-corrected chi connectivity index (χ3v) is 4.80. The lowest BCUT2D eigenvalue weighted by molar-refractivity contribution is 0.249. The van der Waals surface area contributed by atoms with E-state index >= 15 is 0 Å². The molecule has 1 saturated carbocycles. The van der Waals surface area contributed by atoms with Crippen molar-refractivity contribution in [1.82, 2.24) is 4.72 Å². The molecule has 100 valence electrons. The number of hydrogen-bond acceptors (Lipinski definition) is 4. The minimum Gasteiger partial charge on any atom is -0.399 e. The van der Waals surface area contributed by atoms with E-state index in [0.717, 1.165) is 12.8 Å². The predicted octanol–water partition coefficient (Wildman–Crippen LogP) is 0.710. The van der Waals surface area contributed by atoms with Gasteiger partial charge in [-0.25, -0.2) is 13.1 Å². The van der Waals surface area contributed by atoms with Gasteiger partial charge in [-0.15, -0.1) is 0 Å². The van der Waals surface area contributed by atoms with Crippen LogP contribution in [0.2, 0.25) is 0 Å². The maximum absolute atomic E-state index is 12.0. The number of aliphatic hydroxyl groups is 1. The van der Waals surface area contributed by atoms with E-state index in [1.54, 1.807) is 12.1 Å². The molecule has 0 radical (unpaired) electrons. The Balaban J connectivity index is 2.04. The van der Waals surface area contributed by atoms with Gasteiger partial charge in [-0.1, -0.05) is 6.07 Å². The highest BCUT2D eigenvalue weighted by atomic mass is 32.2. The van der Waals surface area contributed by atoms with Crippen LogP contribution in [-0.2, 0) is 10.0 Å². The van der Waals surface area contributed by atoms with Gasteiger partial charge < -0.3 is 10.8 Å². The number of benzene rings is 1. The zero-order valence-corrected chi connectivity index (χ0v) is 10.9. The van der Waals surface area contributed by atoms with Crippen LogP contribution in [0.4, 0.5) is 5.69 Å². The molecule has 6 heteroatoms. The van der Waals surface area contributed by atoms with Crippen molar-refractivity contribution in [3.63, 3.8) is 0 Å². The first kappa shape index (κ1) is 13.3. The fraction of sp³-hybridized carbons (Fsp3) is 0.500. The van der Waals surface area contributed by atoms with Gasteiger partial charge in [0.1, 0.15) is 0 Å². The third-order valence-electron chi connectivity index (χ3n) is 3.40. The van der Waals surface area contributed by atoms with Gasteiger partial charge in [0.2, 0.25) is 10.0 Å². The van der Waals surface area contributed by atoms with Crippen LogP contribution in [0, 0.1) is 5.41 Å². The number of nitrogens with two attached hydrogens (primary N) is 1. The van der Waals surface area contributed by atoms with Gasteiger partial charge in [0.05, 0.1) is 4.90 Å². The van der Waals surface area contributed by atoms with Crippen molar-refractivity contribution in [2.45, 2.75) is 24.2 Å². The second-order valence-corrected chi connectivity index (χ2v) is 6.64. The maximum Gasteiger partial charge on any atom is 0.240 e. The highest BCUT2D eigenvalue weighted by molar-refractivity contribution is 7.89. The molecule has 0 unspecified atom stereocenters. The molecular formula is C12H18N2O3S. The summed E-state index contributed by atoms with van der Waals surface area (Å²) in [4.78, 5) is 0.183. The van der Waals surface area contributed by atoms with E-state index in [9.17, 15) is 8.42 Å². The summed E-state index contributed by atoms with van der Waals surface area (Å²) in [6.45, 7) is 0.477. The molecule has 0 aliphatic heterocycles. The molecule has 0 aromatic heterocycles. The summed E-state index contributed by atoms with van der Waals surface area (Å²) in [6.07, 6.45) is 2.58. The van der Waals surface area contributed by atoms with Gasteiger partial charge in [-0.05, 0) is 42.9 Å². The number of aliphatic hydroxyl groups excluding tert-OH is 1. The average molecular weight is 270 g/mol. The first-order valence-electron chi connectivity index (χ1n) is 5.94. The van der Waals surface area contributed by atoms with Crippen LogP contribution in [0.5, 0.6) is 0 Å². The smallest absolute Gasteiger partial charge is 0.240 e. The first-order valence-corrected chi connectivity index (χ1v) is 7.42. The lowest BCUT2D eigenvalue weighted by Gasteiger charge is -2.14. The van der Waals surface area contributed by atoms with Gasteiger partial charge >= 0.3 is 0 Å². The van der Waals surface area contributed by atoms with E-state index in [0.29, 0.717) is 18.7 Å². The third kappa shape index (κ3) is 3.01. The summed E-state index contributed by atoms with van der Waals surface area (Å²) in [6, 6.07) is 6.22. The van der Waals surface area contributed by atoms with Crippen molar-refractivity contribution in [3.8, 4) is 0 Å². The van der Waals surface area contributed by atoms with Gasteiger partial charge in [0.15, 0.2) is 0 Å². The first-order chi connectivity index (χ1) is 8.47. The molecule has 18 heavy (non-hydrogen) atoms. The van der Waals surface area contributed by atoms with Gasteiger partial charge in [-0.3, -0.25) is 0 Å². The normalized spacial score (nSPS) is 17.6. The van der Waals surface area contributed by atoms with E-state index in [4.69, 9.17) is 10.8 Å². The van der Waals surface area contributed by atoms with E-state index < -0.39 is 10.0 Å². The number of nitrogens with one attached hydrogen (secondary N) is 1. The van der Waals surface area contributed by atoms with Gasteiger partial charge in [0.25, 0.3) is 0 Å². The summed E-state index contributed by atoms with van der Waals surface area (Å²) in [5.41, 5.74) is 5.96. The molecule has 2 rings (SSSR count). The number of sulfonamides is 1. The molecule has 0 bridgehead atoms. The Morgan fingerprint density at radius 3 is 2.67 bits per heavy atom. The van der Waals surface area contributed by atoms with E-state index in [-0.39, 0.29) is 16.9 Å². The number of nitrogen functional groups attached to an aromatic ring is 1. The number of hydrogen-bond donors (Lipinski definition) is 3. The Bertz CT molecular complexity index is 524. The SMILES string of the molecule is Nc1cccc(S(=O)(=O)NCC2(CCO)CC2)c1. The van der Waals surface area contributed by atoms with Crippen molar-refractivity contribution in [2.75, 3.05) is 18.9 Å². The van der Waals surface area contributed by atoms with Crippen LogP contribution in [-0.4, -0.2) is 26.7 Å². The monoisotopic (exact) mass is 270 g/mol. The van der Waals surface area contributed by atoms with E-state index in [1.807, 2.05) is 0 Å². The average Bonchev–Trinajstić information content (AvgIpc) is 3.08. The van der Waals surface area contributed by atoms with Crippen LogP contribution in [0.25, 0.3) is 0 Å². The van der Waals surface area contributed by atoms with Crippen molar-refractivity contribution in [3.05, 3.63) is 24.3 Å². The lowest BCUT2D eigenvalue weighted by Crippen LogP contribution is -2.30.